The van der Waals surface area contributed by atoms with E-state index < -0.39 is 0 Å². The van der Waals surface area contributed by atoms with Gasteiger partial charge in [0, 0.05) is 36.2 Å². The van der Waals surface area contributed by atoms with Crippen molar-refractivity contribution in [1.82, 2.24) is 9.97 Å². The Morgan fingerprint density at radius 1 is 1.15 bits per heavy atom. The number of carbonyl (C=O) groups excluding carboxylic acids is 1. The van der Waals surface area contributed by atoms with E-state index in [0.29, 0.717) is 17.7 Å². The fraction of sp³-hybridized carbons (Fsp3) is 0.450. The number of rotatable bonds is 7. The molecule has 0 unspecified atom stereocenters. The van der Waals surface area contributed by atoms with Gasteiger partial charge >= 0.3 is 0 Å². The van der Waals surface area contributed by atoms with Crippen molar-refractivity contribution in [2.75, 3.05) is 28.6 Å². The molecule has 2 N–H and O–H groups in total. The van der Waals surface area contributed by atoms with Gasteiger partial charge in [0.25, 0.3) is 5.91 Å². The number of nitrogens with one attached hydrogen (secondary N) is 2. The molecule has 1 amide bonds. The van der Waals surface area contributed by atoms with Gasteiger partial charge in [-0.15, -0.1) is 0 Å². The smallest absolute Gasteiger partial charge is 0.274 e. The largest absolute Gasteiger partial charge is 0.372 e. The highest BCUT2D eigenvalue weighted by atomic mass is 16.1. The molecule has 3 rings (SSSR count). The molecule has 0 atom stereocenters. The third kappa shape index (κ3) is 4.31. The van der Waals surface area contributed by atoms with Crippen LogP contribution in [0, 0.1) is 13.8 Å². The Labute approximate surface area is 155 Å². The number of aryl methyl sites for hydroxylation is 2. The molecule has 2 aromatic rings. The van der Waals surface area contributed by atoms with E-state index in [9.17, 15) is 4.79 Å². The van der Waals surface area contributed by atoms with E-state index in [1.807, 2.05) is 26.0 Å². The average Bonchev–Trinajstić information content (AvgIpc) is 3.41. The zero-order chi connectivity index (χ0) is 18.7. The number of hydrogen-bond donors (Lipinski definition) is 2. The third-order valence-electron chi connectivity index (χ3n) is 4.58. The monoisotopic (exact) mass is 353 g/mol. The van der Waals surface area contributed by atoms with Gasteiger partial charge in [-0.05, 0) is 70.4 Å². The maximum Gasteiger partial charge on any atom is 0.274 e. The van der Waals surface area contributed by atoms with Gasteiger partial charge in [-0.1, -0.05) is 0 Å². The van der Waals surface area contributed by atoms with Gasteiger partial charge in [0.1, 0.15) is 5.69 Å². The van der Waals surface area contributed by atoms with Crippen molar-refractivity contribution in [1.29, 1.82) is 0 Å². The van der Waals surface area contributed by atoms with Gasteiger partial charge in [0.15, 0.2) is 0 Å². The van der Waals surface area contributed by atoms with Crippen molar-refractivity contribution in [3.63, 3.8) is 0 Å². The normalized spacial score (nSPS) is 13.4. The van der Waals surface area contributed by atoms with Crippen LogP contribution in [0.2, 0.25) is 0 Å². The highest BCUT2D eigenvalue weighted by molar-refractivity contribution is 6.03. The molecule has 0 aliphatic heterocycles. The van der Waals surface area contributed by atoms with Crippen LogP contribution in [-0.2, 0) is 0 Å². The summed E-state index contributed by atoms with van der Waals surface area (Å²) in [4.78, 5) is 23.7. The molecule has 0 bridgehead atoms. The fourth-order valence-electron chi connectivity index (χ4n) is 2.92. The van der Waals surface area contributed by atoms with Crippen LogP contribution < -0.4 is 15.5 Å². The molecule has 138 valence electrons. The second-order valence-electron chi connectivity index (χ2n) is 6.76. The summed E-state index contributed by atoms with van der Waals surface area (Å²) in [5, 5.41) is 6.23. The van der Waals surface area contributed by atoms with Gasteiger partial charge in [-0.3, -0.25) is 4.79 Å². The van der Waals surface area contributed by atoms with Crippen molar-refractivity contribution in [2.45, 2.75) is 46.6 Å². The summed E-state index contributed by atoms with van der Waals surface area (Å²) in [6.07, 6.45) is 2.27. The maximum atomic E-state index is 12.7. The molecule has 26 heavy (non-hydrogen) atoms. The van der Waals surface area contributed by atoms with Crippen molar-refractivity contribution >= 4 is 23.2 Å². The maximum absolute atomic E-state index is 12.7. The number of hydrogen-bond acceptors (Lipinski definition) is 5. The van der Waals surface area contributed by atoms with Crippen LogP contribution in [0.3, 0.4) is 0 Å². The minimum Gasteiger partial charge on any atom is -0.372 e. The lowest BCUT2D eigenvalue weighted by Crippen LogP contribution is -2.22. The van der Waals surface area contributed by atoms with Crippen LogP contribution in [0.4, 0.5) is 17.3 Å². The molecule has 1 heterocycles. The van der Waals surface area contributed by atoms with Gasteiger partial charge in [-0.2, -0.15) is 0 Å². The van der Waals surface area contributed by atoms with Crippen molar-refractivity contribution in [2.24, 2.45) is 0 Å². The van der Waals surface area contributed by atoms with E-state index in [0.717, 1.165) is 42.9 Å². The lowest BCUT2D eigenvalue weighted by molar-refractivity contribution is 0.102. The molecular weight excluding hydrogens is 326 g/mol. The second-order valence-corrected chi connectivity index (χ2v) is 6.76. The minimum atomic E-state index is -0.215. The van der Waals surface area contributed by atoms with Gasteiger partial charge in [0.2, 0.25) is 5.95 Å². The minimum absolute atomic E-state index is 0.215. The molecule has 6 heteroatoms. The highest BCUT2D eigenvalue weighted by Gasteiger charge is 2.22. The first kappa shape index (κ1) is 18.2. The van der Waals surface area contributed by atoms with E-state index in [4.69, 9.17) is 0 Å². The molecule has 0 saturated heterocycles. The summed E-state index contributed by atoms with van der Waals surface area (Å²) >= 11 is 0. The quantitative estimate of drug-likeness (QED) is 0.793. The van der Waals surface area contributed by atoms with Crippen LogP contribution in [0.25, 0.3) is 0 Å². The van der Waals surface area contributed by atoms with E-state index in [-0.39, 0.29) is 5.91 Å². The number of carbonyl (C=O) groups is 1. The van der Waals surface area contributed by atoms with E-state index >= 15 is 0 Å². The summed E-state index contributed by atoms with van der Waals surface area (Å²) in [7, 11) is 0. The Kier molecular flexibility index (Phi) is 5.40. The molecule has 0 spiro atoms. The van der Waals surface area contributed by atoms with E-state index in [2.05, 4.69) is 45.4 Å². The molecule has 1 aliphatic rings. The Hall–Kier alpha value is -2.63. The summed E-state index contributed by atoms with van der Waals surface area (Å²) in [5.74, 6) is 0.319. The van der Waals surface area contributed by atoms with Gasteiger partial charge in [-0.25, -0.2) is 9.97 Å². The first-order valence-electron chi connectivity index (χ1n) is 9.29. The molecule has 6 nitrogen and oxygen atoms in total. The Morgan fingerprint density at radius 3 is 2.50 bits per heavy atom. The van der Waals surface area contributed by atoms with E-state index in [1.165, 1.54) is 5.69 Å². The molecule has 1 aliphatic carbocycles. The Bertz CT molecular complexity index is 797. The topological polar surface area (TPSA) is 70.2 Å². The standard InChI is InChI=1S/C20H27N5O/c1-5-25(6-2)16-9-10-17(13(3)11-16)23-19(26)18-12-14(4)21-20(24-18)22-15-7-8-15/h9-12,15H,5-8H2,1-4H3,(H,23,26)(H,21,22,24). The summed E-state index contributed by atoms with van der Waals surface area (Å²) in [6, 6.07) is 8.27. The van der Waals surface area contributed by atoms with Crippen molar-refractivity contribution in [3.05, 3.63) is 41.2 Å². The Balaban J connectivity index is 1.76. The van der Waals surface area contributed by atoms with Crippen LogP contribution in [0.1, 0.15) is 48.4 Å². The van der Waals surface area contributed by atoms with Crippen molar-refractivity contribution < 1.29 is 4.79 Å². The first-order chi connectivity index (χ1) is 12.5. The lowest BCUT2D eigenvalue weighted by Gasteiger charge is -2.22. The highest BCUT2D eigenvalue weighted by Crippen LogP contribution is 2.24. The number of aromatic nitrogens is 2. The van der Waals surface area contributed by atoms with E-state index in [1.54, 1.807) is 6.07 Å². The molecule has 1 aromatic carbocycles. The number of nitrogens with zero attached hydrogens (tertiary/aromatic N) is 3. The lowest BCUT2D eigenvalue weighted by atomic mass is 10.1. The van der Waals surface area contributed by atoms with Crippen LogP contribution in [0.5, 0.6) is 0 Å². The zero-order valence-electron chi connectivity index (χ0n) is 16.0. The van der Waals surface area contributed by atoms with Crippen LogP contribution >= 0.6 is 0 Å². The predicted molar refractivity (Wildman–Crippen MR) is 106 cm³/mol. The Morgan fingerprint density at radius 2 is 1.88 bits per heavy atom. The van der Waals surface area contributed by atoms with Gasteiger partial charge < -0.3 is 15.5 Å². The van der Waals surface area contributed by atoms with Crippen LogP contribution in [0.15, 0.2) is 24.3 Å². The first-order valence-corrected chi connectivity index (χ1v) is 9.29. The summed E-state index contributed by atoms with van der Waals surface area (Å²) < 4.78 is 0. The predicted octanol–water partition coefficient (Wildman–Crippen LogP) is 3.77. The zero-order valence-corrected chi connectivity index (χ0v) is 16.0. The van der Waals surface area contributed by atoms with Crippen molar-refractivity contribution in [3.8, 4) is 0 Å². The average molecular weight is 353 g/mol. The van der Waals surface area contributed by atoms with Crippen LogP contribution in [-0.4, -0.2) is 35.0 Å². The second kappa shape index (κ2) is 7.72. The summed E-state index contributed by atoms with van der Waals surface area (Å²) in [6.45, 7) is 10.1. The molecule has 1 saturated carbocycles. The summed E-state index contributed by atoms with van der Waals surface area (Å²) in [5.41, 5.74) is 4.16. The molecule has 0 radical (unpaired) electrons. The SMILES string of the molecule is CCN(CC)c1ccc(NC(=O)c2cc(C)nc(NC3CC3)n2)c(C)c1. The number of amides is 1. The molecule has 1 fully saturated rings. The fourth-order valence-corrected chi connectivity index (χ4v) is 2.92. The molecule has 1 aromatic heterocycles. The number of anilines is 3. The molecular formula is C20H27N5O. The third-order valence-corrected chi connectivity index (χ3v) is 4.58. The number of benzene rings is 1. The van der Waals surface area contributed by atoms with Gasteiger partial charge in [0.05, 0.1) is 0 Å².